The lowest BCUT2D eigenvalue weighted by Gasteiger charge is -2.31. The van der Waals surface area contributed by atoms with E-state index in [0.29, 0.717) is 19.0 Å². The molecule has 1 fully saturated rings. The Balaban J connectivity index is 1.63. The lowest BCUT2D eigenvalue weighted by Crippen LogP contribution is -2.39. The van der Waals surface area contributed by atoms with Crippen molar-refractivity contribution >= 4 is 10.0 Å². The van der Waals surface area contributed by atoms with Crippen molar-refractivity contribution in [2.75, 3.05) is 13.1 Å². The number of aryl methyl sites for hydroxylation is 2. The van der Waals surface area contributed by atoms with E-state index in [1.165, 1.54) is 6.20 Å². The predicted molar refractivity (Wildman–Crippen MR) is 87.4 cm³/mol. The first-order valence-electron chi connectivity index (χ1n) is 7.88. The van der Waals surface area contributed by atoms with E-state index in [1.54, 1.807) is 22.6 Å². The van der Waals surface area contributed by atoms with Crippen LogP contribution in [0.2, 0.25) is 0 Å². The maximum atomic E-state index is 12.6. The first-order valence-corrected chi connectivity index (χ1v) is 9.32. The molecular weight excluding hydrogens is 312 g/mol. The van der Waals surface area contributed by atoms with Crippen molar-refractivity contribution in [1.29, 1.82) is 0 Å². The highest BCUT2D eigenvalue weighted by Crippen LogP contribution is 2.24. The van der Waals surface area contributed by atoms with Crippen LogP contribution in [0.4, 0.5) is 0 Å². The molecule has 2 aromatic heterocycles. The molecule has 0 saturated carbocycles. The molecule has 0 atom stereocenters. The largest absolute Gasteiger partial charge is 0.269 e. The van der Waals surface area contributed by atoms with Crippen molar-refractivity contribution in [3.63, 3.8) is 0 Å². The van der Waals surface area contributed by atoms with Gasteiger partial charge in [-0.05, 0) is 50.8 Å². The Morgan fingerprint density at radius 2 is 2.00 bits per heavy atom. The van der Waals surface area contributed by atoms with E-state index in [9.17, 15) is 8.42 Å². The van der Waals surface area contributed by atoms with Gasteiger partial charge in [0.25, 0.3) is 0 Å². The minimum atomic E-state index is -3.41. The molecule has 0 amide bonds. The van der Waals surface area contributed by atoms with Gasteiger partial charge in [-0.15, -0.1) is 0 Å². The molecule has 3 rings (SSSR count). The number of rotatable bonds is 4. The van der Waals surface area contributed by atoms with E-state index in [1.807, 2.05) is 11.6 Å². The standard InChI is InChI=1S/C16H22N4O2S/c1-13-10-14(2)20(18-13)12-15-5-8-19(9-6-15)23(21,22)16-4-3-7-17-11-16/h3-4,7,10-11,15H,5-6,8-9,12H2,1-2H3. The zero-order chi connectivity index (χ0) is 16.4. The summed E-state index contributed by atoms with van der Waals surface area (Å²) in [5, 5.41) is 4.50. The average Bonchev–Trinajstić information content (AvgIpc) is 2.86. The molecule has 0 aliphatic carbocycles. The average molecular weight is 334 g/mol. The molecule has 124 valence electrons. The SMILES string of the molecule is Cc1cc(C)n(CC2CCN(S(=O)(=O)c3cccnc3)CC2)n1. The Labute approximate surface area is 137 Å². The van der Waals surface area contributed by atoms with Crippen LogP contribution >= 0.6 is 0 Å². The Kier molecular flexibility index (Phi) is 4.50. The second-order valence-electron chi connectivity index (χ2n) is 6.15. The number of piperidine rings is 1. The van der Waals surface area contributed by atoms with Crippen molar-refractivity contribution < 1.29 is 8.42 Å². The first-order chi connectivity index (χ1) is 11.0. The second-order valence-corrected chi connectivity index (χ2v) is 8.08. The van der Waals surface area contributed by atoms with Crippen molar-refractivity contribution in [3.8, 4) is 0 Å². The van der Waals surface area contributed by atoms with Crippen LogP contribution in [0.5, 0.6) is 0 Å². The molecule has 2 aromatic rings. The normalized spacial score (nSPS) is 17.5. The van der Waals surface area contributed by atoms with Crippen LogP contribution < -0.4 is 0 Å². The molecule has 1 aliphatic rings. The van der Waals surface area contributed by atoms with E-state index >= 15 is 0 Å². The summed E-state index contributed by atoms with van der Waals surface area (Å²) in [4.78, 5) is 4.19. The van der Waals surface area contributed by atoms with Gasteiger partial charge in [0, 0.05) is 37.7 Å². The molecule has 7 heteroatoms. The van der Waals surface area contributed by atoms with Gasteiger partial charge in [-0.25, -0.2) is 8.42 Å². The molecule has 6 nitrogen and oxygen atoms in total. The van der Waals surface area contributed by atoms with Gasteiger partial charge in [-0.1, -0.05) is 0 Å². The van der Waals surface area contributed by atoms with Gasteiger partial charge in [0.2, 0.25) is 10.0 Å². The molecule has 3 heterocycles. The van der Waals surface area contributed by atoms with Crippen molar-refractivity contribution in [2.24, 2.45) is 5.92 Å². The minimum Gasteiger partial charge on any atom is -0.269 e. The van der Waals surface area contributed by atoms with Crippen LogP contribution in [-0.2, 0) is 16.6 Å². The monoisotopic (exact) mass is 334 g/mol. The van der Waals surface area contributed by atoms with Crippen LogP contribution in [0, 0.1) is 19.8 Å². The van der Waals surface area contributed by atoms with Crippen LogP contribution in [0.1, 0.15) is 24.2 Å². The molecule has 0 N–H and O–H groups in total. The first kappa shape index (κ1) is 16.1. The third-order valence-corrected chi connectivity index (χ3v) is 6.26. The zero-order valence-corrected chi connectivity index (χ0v) is 14.3. The van der Waals surface area contributed by atoms with E-state index in [0.717, 1.165) is 30.8 Å². The third-order valence-electron chi connectivity index (χ3n) is 4.38. The molecular formula is C16H22N4O2S. The van der Waals surface area contributed by atoms with Crippen LogP contribution in [-0.4, -0.2) is 40.6 Å². The van der Waals surface area contributed by atoms with Crippen LogP contribution in [0.15, 0.2) is 35.5 Å². The van der Waals surface area contributed by atoms with Gasteiger partial charge in [0.1, 0.15) is 4.90 Å². The Morgan fingerprint density at radius 1 is 1.26 bits per heavy atom. The molecule has 1 aliphatic heterocycles. The smallest absolute Gasteiger partial charge is 0.244 e. The highest BCUT2D eigenvalue weighted by atomic mass is 32.2. The number of aromatic nitrogens is 3. The summed E-state index contributed by atoms with van der Waals surface area (Å²) in [6, 6.07) is 5.33. The maximum absolute atomic E-state index is 12.6. The number of nitrogens with zero attached hydrogens (tertiary/aromatic N) is 4. The Bertz CT molecular complexity index is 763. The van der Waals surface area contributed by atoms with Crippen LogP contribution in [0.3, 0.4) is 0 Å². The molecule has 0 bridgehead atoms. The zero-order valence-electron chi connectivity index (χ0n) is 13.5. The molecule has 0 radical (unpaired) electrons. The van der Waals surface area contributed by atoms with Crippen molar-refractivity contribution in [1.82, 2.24) is 19.1 Å². The van der Waals surface area contributed by atoms with E-state index in [4.69, 9.17) is 0 Å². The van der Waals surface area contributed by atoms with Gasteiger partial charge in [-0.2, -0.15) is 9.40 Å². The van der Waals surface area contributed by atoms with E-state index in [-0.39, 0.29) is 4.90 Å². The molecule has 0 aromatic carbocycles. The molecule has 1 saturated heterocycles. The van der Waals surface area contributed by atoms with Crippen molar-refractivity contribution in [3.05, 3.63) is 42.0 Å². The summed E-state index contributed by atoms with van der Waals surface area (Å²) in [6.07, 6.45) is 4.71. The number of sulfonamides is 1. The lowest BCUT2D eigenvalue weighted by molar-refractivity contribution is 0.246. The topological polar surface area (TPSA) is 68.1 Å². The van der Waals surface area contributed by atoms with Gasteiger partial charge in [-0.3, -0.25) is 9.67 Å². The number of hydrogen-bond donors (Lipinski definition) is 0. The summed E-state index contributed by atoms with van der Waals surface area (Å²) in [5.74, 6) is 0.466. The summed E-state index contributed by atoms with van der Waals surface area (Å²) in [7, 11) is -3.41. The van der Waals surface area contributed by atoms with Gasteiger partial charge in [0.05, 0.1) is 5.69 Å². The Morgan fingerprint density at radius 3 is 2.57 bits per heavy atom. The summed E-state index contributed by atoms with van der Waals surface area (Å²) in [6.45, 7) is 6.03. The quantitative estimate of drug-likeness (QED) is 0.857. The Hall–Kier alpha value is -1.73. The lowest BCUT2D eigenvalue weighted by atomic mass is 9.98. The highest BCUT2D eigenvalue weighted by Gasteiger charge is 2.29. The van der Waals surface area contributed by atoms with Crippen molar-refractivity contribution in [2.45, 2.75) is 38.1 Å². The fraction of sp³-hybridized carbons (Fsp3) is 0.500. The molecule has 0 unspecified atom stereocenters. The second kappa shape index (κ2) is 6.41. The summed E-state index contributed by atoms with van der Waals surface area (Å²) >= 11 is 0. The van der Waals surface area contributed by atoms with Gasteiger partial charge in [0.15, 0.2) is 0 Å². The highest BCUT2D eigenvalue weighted by molar-refractivity contribution is 7.89. The summed E-state index contributed by atoms with van der Waals surface area (Å²) in [5.41, 5.74) is 2.19. The van der Waals surface area contributed by atoms with Gasteiger partial charge >= 0.3 is 0 Å². The van der Waals surface area contributed by atoms with E-state index in [2.05, 4.69) is 23.1 Å². The maximum Gasteiger partial charge on any atom is 0.244 e. The summed E-state index contributed by atoms with van der Waals surface area (Å²) < 4.78 is 28.8. The third kappa shape index (κ3) is 3.45. The fourth-order valence-corrected chi connectivity index (χ4v) is 4.52. The predicted octanol–water partition coefficient (Wildman–Crippen LogP) is 2.00. The number of hydrogen-bond acceptors (Lipinski definition) is 4. The molecule has 23 heavy (non-hydrogen) atoms. The van der Waals surface area contributed by atoms with Crippen LogP contribution in [0.25, 0.3) is 0 Å². The number of pyridine rings is 1. The van der Waals surface area contributed by atoms with Gasteiger partial charge < -0.3 is 0 Å². The molecule has 0 spiro atoms. The van der Waals surface area contributed by atoms with E-state index < -0.39 is 10.0 Å². The minimum absolute atomic E-state index is 0.275. The fourth-order valence-electron chi connectivity index (χ4n) is 3.09.